The Bertz CT molecular complexity index is 784. The van der Waals surface area contributed by atoms with Gasteiger partial charge in [0.05, 0.1) is 18.3 Å². The normalized spacial score (nSPS) is 10.8. The van der Waals surface area contributed by atoms with Crippen molar-refractivity contribution in [3.8, 4) is 11.5 Å². The van der Waals surface area contributed by atoms with E-state index in [-0.39, 0.29) is 12.5 Å². The van der Waals surface area contributed by atoms with Gasteiger partial charge in [0.1, 0.15) is 11.5 Å². The Morgan fingerprint density at radius 2 is 1.88 bits per heavy atom. The number of aryl methyl sites for hydroxylation is 2. The highest BCUT2D eigenvalue weighted by Crippen LogP contribution is 2.26. The molecule has 0 bridgehead atoms. The number of methoxy groups -OCH3 is 1. The van der Waals surface area contributed by atoms with E-state index in [1.807, 2.05) is 13.8 Å². The SMILES string of the molecule is COc1ccc(C=NNC(=O)COc2cc(C)c(Cl)c(C)c2)cc1Cl. The van der Waals surface area contributed by atoms with Gasteiger partial charge in [0.25, 0.3) is 5.91 Å². The van der Waals surface area contributed by atoms with Gasteiger partial charge in [-0.05, 0) is 60.9 Å². The molecule has 2 rings (SSSR count). The van der Waals surface area contributed by atoms with Crippen LogP contribution >= 0.6 is 23.2 Å². The fourth-order valence-electron chi connectivity index (χ4n) is 2.11. The number of halogens is 2. The minimum absolute atomic E-state index is 0.152. The van der Waals surface area contributed by atoms with Crippen LogP contribution in [-0.2, 0) is 4.79 Å². The van der Waals surface area contributed by atoms with Crippen molar-refractivity contribution >= 4 is 35.3 Å². The van der Waals surface area contributed by atoms with Crippen LogP contribution in [0.3, 0.4) is 0 Å². The summed E-state index contributed by atoms with van der Waals surface area (Å²) in [6.07, 6.45) is 1.49. The third-order valence-corrected chi connectivity index (χ3v) is 4.25. The molecular weight excluding hydrogens is 363 g/mol. The predicted molar refractivity (Wildman–Crippen MR) is 100 cm³/mol. The average Bonchev–Trinajstić information content (AvgIpc) is 2.58. The van der Waals surface area contributed by atoms with Crippen LogP contribution < -0.4 is 14.9 Å². The second-order valence-corrected chi connectivity index (χ2v) is 6.13. The molecule has 132 valence electrons. The van der Waals surface area contributed by atoms with Crippen LogP contribution in [0.2, 0.25) is 10.0 Å². The zero-order valence-corrected chi connectivity index (χ0v) is 15.6. The monoisotopic (exact) mass is 380 g/mol. The largest absolute Gasteiger partial charge is 0.495 e. The minimum atomic E-state index is -0.374. The molecule has 0 unspecified atom stereocenters. The Hall–Kier alpha value is -2.24. The Labute approximate surface area is 156 Å². The maximum absolute atomic E-state index is 11.8. The number of carbonyl (C=O) groups excluding carboxylic acids is 1. The van der Waals surface area contributed by atoms with E-state index in [1.165, 1.54) is 6.21 Å². The number of nitrogens with one attached hydrogen (secondary N) is 1. The van der Waals surface area contributed by atoms with Gasteiger partial charge >= 0.3 is 0 Å². The summed E-state index contributed by atoms with van der Waals surface area (Å²) < 4.78 is 10.5. The van der Waals surface area contributed by atoms with Crippen molar-refractivity contribution in [2.75, 3.05) is 13.7 Å². The van der Waals surface area contributed by atoms with Crippen molar-refractivity contribution in [2.45, 2.75) is 13.8 Å². The van der Waals surface area contributed by atoms with Gasteiger partial charge in [-0.25, -0.2) is 5.43 Å². The molecule has 2 aromatic rings. The summed E-state index contributed by atoms with van der Waals surface area (Å²) >= 11 is 12.1. The molecule has 0 aliphatic heterocycles. The van der Waals surface area contributed by atoms with Crippen molar-refractivity contribution < 1.29 is 14.3 Å². The minimum Gasteiger partial charge on any atom is -0.495 e. The summed E-state index contributed by atoms with van der Waals surface area (Å²) in [5, 5.41) is 5.04. The maximum atomic E-state index is 11.8. The van der Waals surface area contributed by atoms with E-state index < -0.39 is 0 Å². The van der Waals surface area contributed by atoms with E-state index in [0.717, 1.165) is 16.7 Å². The van der Waals surface area contributed by atoms with E-state index in [9.17, 15) is 4.79 Å². The molecule has 0 aliphatic carbocycles. The first-order valence-electron chi connectivity index (χ1n) is 7.45. The lowest BCUT2D eigenvalue weighted by molar-refractivity contribution is -0.123. The summed E-state index contributed by atoms with van der Waals surface area (Å²) in [4.78, 5) is 11.8. The highest BCUT2D eigenvalue weighted by atomic mass is 35.5. The van der Waals surface area contributed by atoms with Crippen molar-refractivity contribution in [3.63, 3.8) is 0 Å². The number of nitrogens with zero attached hydrogens (tertiary/aromatic N) is 1. The topological polar surface area (TPSA) is 59.9 Å². The van der Waals surface area contributed by atoms with Crippen molar-refractivity contribution in [1.82, 2.24) is 5.43 Å². The number of hydrazone groups is 1. The summed E-state index contributed by atoms with van der Waals surface area (Å²) in [5.74, 6) is 0.784. The summed E-state index contributed by atoms with van der Waals surface area (Å²) in [6.45, 7) is 3.61. The molecule has 7 heteroatoms. The second-order valence-electron chi connectivity index (χ2n) is 5.35. The molecule has 0 aromatic heterocycles. The summed E-state index contributed by atoms with van der Waals surface area (Å²) in [6, 6.07) is 8.75. The van der Waals surface area contributed by atoms with Gasteiger partial charge in [0.2, 0.25) is 0 Å². The molecule has 5 nitrogen and oxygen atoms in total. The number of amides is 1. The molecule has 0 atom stereocenters. The number of carbonyl (C=O) groups is 1. The van der Waals surface area contributed by atoms with Gasteiger partial charge < -0.3 is 9.47 Å². The molecule has 0 spiro atoms. The highest BCUT2D eigenvalue weighted by molar-refractivity contribution is 6.32. The molecular formula is C18H18Cl2N2O3. The quantitative estimate of drug-likeness (QED) is 0.604. The Kier molecular flexibility index (Phi) is 6.67. The lowest BCUT2D eigenvalue weighted by atomic mass is 10.1. The molecule has 0 saturated heterocycles. The summed E-state index contributed by atoms with van der Waals surface area (Å²) in [5.41, 5.74) is 4.92. The predicted octanol–water partition coefficient (Wildman–Crippen LogP) is 4.15. The zero-order chi connectivity index (χ0) is 18.4. The highest BCUT2D eigenvalue weighted by Gasteiger charge is 2.06. The van der Waals surface area contributed by atoms with Gasteiger partial charge in [-0.15, -0.1) is 0 Å². The lowest BCUT2D eigenvalue weighted by Crippen LogP contribution is -2.24. The molecule has 1 N–H and O–H groups in total. The average molecular weight is 381 g/mol. The summed E-state index contributed by atoms with van der Waals surface area (Å²) in [7, 11) is 1.54. The molecule has 0 aliphatic rings. The van der Waals surface area contributed by atoms with Gasteiger partial charge in [0, 0.05) is 5.02 Å². The van der Waals surface area contributed by atoms with E-state index in [0.29, 0.717) is 21.5 Å². The van der Waals surface area contributed by atoms with Crippen LogP contribution in [-0.4, -0.2) is 25.8 Å². The van der Waals surface area contributed by atoms with E-state index in [4.69, 9.17) is 32.7 Å². The molecule has 2 aromatic carbocycles. The molecule has 0 fully saturated rings. The molecule has 1 amide bonds. The van der Waals surface area contributed by atoms with Crippen LogP contribution in [0.25, 0.3) is 0 Å². The van der Waals surface area contributed by atoms with Crippen LogP contribution in [0.5, 0.6) is 11.5 Å². The third kappa shape index (κ3) is 5.37. The van der Waals surface area contributed by atoms with Crippen molar-refractivity contribution in [1.29, 1.82) is 0 Å². The Morgan fingerprint density at radius 3 is 2.48 bits per heavy atom. The maximum Gasteiger partial charge on any atom is 0.277 e. The van der Waals surface area contributed by atoms with E-state index in [1.54, 1.807) is 37.4 Å². The van der Waals surface area contributed by atoms with Crippen LogP contribution in [0.4, 0.5) is 0 Å². The van der Waals surface area contributed by atoms with Crippen LogP contribution in [0.1, 0.15) is 16.7 Å². The number of hydrogen-bond acceptors (Lipinski definition) is 4. The first-order chi connectivity index (χ1) is 11.9. The zero-order valence-electron chi connectivity index (χ0n) is 14.1. The van der Waals surface area contributed by atoms with Gasteiger partial charge in [0.15, 0.2) is 6.61 Å². The Balaban J connectivity index is 1.87. The fraction of sp³-hybridized carbons (Fsp3) is 0.222. The lowest BCUT2D eigenvalue weighted by Gasteiger charge is -2.09. The van der Waals surface area contributed by atoms with E-state index in [2.05, 4.69) is 10.5 Å². The Morgan fingerprint density at radius 1 is 1.20 bits per heavy atom. The van der Waals surface area contributed by atoms with Gasteiger partial charge in [-0.3, -0.25) is 4.79 Å². The number of benzene rings is 2. The van der Waals surface area contributed by atoms with E-state index >= 15 is 0 Å². The van der Waals surface area contributed by atoms with Crippen molar-refractivity contribution in [3.05, 3.63) is 57.1 Å². The number of rotatable bonds is 6. The van der Waals surface area contributed by atoms with Gasteiger partial charge in [-0.1, -0.05) is 23.2 Å². The fourth-order valence-corrected chi connectivity index (χ4v) is 2.49. The number of hydrogen-bond donors (Lipinski definition) is 1. The molecule has 0 heterocycles. The standard InChI is InChI=1S/C18H18Cl2N2O3/c1-11-6-14(7-12(2)18(11)20)25-10-17(23)22-21-9-13-4-5-16(24-3)15(19)8-13/h4-9H,10H2,1-3H3,(H,22,23). The third-order valence-electron chi connectivity index (χ3n) is 3.36. The van der Waals surface area contributed by atoms with Crippen LogP contribution in [0, 0.1) is 13.8 Å². The molecule has 0 radical (unpaired) electrons. The van der Waals surface area contributed by atoms with Gasteiger partial charge in [-0.2, -0.15) is 5.10 Å². The molecule has 25 heavy (non-hydrogen) atoms. The smallest absolute Gasteiger partial charge is 0.277 e. The van der Waals surface area contributed by atoms with Crippen molar-refractivity contribution in [2.24, 2.45) is 5.10 Å². The van der Waals surface area contributed by atoms with Crippen LogP contribution in [0.15, 0.2) is 35.4 Å². The first-order valence-corrected chi connectivity index (χ1v) is 8.21. The first kappa shape index (κ1) is 19.1. The number of ether oxygens (including phenoxy) is 2. The second kappa shape index (κ2) is 8.74. The molecule has 0 saturated carbocycles.